The first-order valence-electron chi connectivity index (χ1n) is 18.6. The van der Waals surface area contributed by atoms with Crippen LogP contribution in [0.4, 0.5) is 19.2 Å². The summed E-state index contributed by atoms with van der Waals surface area (Å²) in [5.74, 6) is -0.427. The Labute approximate surface area is 334 Å². The van der Waals surface area contributed by atoms with Crippen LogP contribution in [0.15, 0.2) is 78.9 Å². The Bertz CT molecular complexity index is 2000. The van der Waals surface area contributed by atoms with Crippen LogP contribution in [0.25, 0.3) is 10.8 Å². The molecule has 0 aliphatic heterocycles. The highest BCUT2D eigenvalue weighted by Gasteiger charge is 2.34. The molecule has 306 valence electrons. The van der Waals surface area contributed by atoms with Crippen LogP contribution in [0.5, 0.6) is 23.0 Å². The number of carbonyl (C=O) groups excluding carboxylic acids is 4. The Kier molecular flexibility index (Phi) is 12.9. The van der Waals surface area contributed by atoms with Gasteiger partial charge in [0.2, 0.25) is 0 Å². The lowest BCUT2D eigenvalue weighted by Crippen LogP contribution is -2.29. The molecule has 0 atom stereocenters. The number of ether oxygens (including phenoxy) is 8. The van der Waals surface area contributed by atoms with Crippen molar-refractivity contribution in [2.24, 2.45) is 0 Å². The maximum absolute atomic E-state index is 13.1. The highest BCUT2D eigenvalue weighted by molar-refractivity contribution is 5.83. The van der Waals surface area contributed by atoms with Crippen LogP contribution in [0, 0.1) is 0 Å². The average Bonchev–Trinajstić information content (AvgIpc) is 3.02. The maximum atomic E-state index is 13.1. The van der Waals surface area contributed by atoms with Crippen LogP contribution >= 0.6 is 0 Å². The van der Waals surface area contributed by atoms with Gasteiger partial charge in [-0.15, -0.1) is 0 Å². The summed E-state index contributed by atoms with van der Waals surface area (Å²) in [4.78, 5) is 51.8. The van der Waals surface area contributed by atoms with Crippen LogP contribution in [0.1, 0.15) is 107 Å². The first kappa shape index (κ1) is 43.9. The number of hydrogen-bond donors (Lipinski definition) is 0. The summed E-state index contributed by atoms with van der Waals surface area (Å²) < 4.78 is 44.2. The summed E-state index contributed by atoms with van der Waals surface area (Å²) in [5.41, 5.74) is -2.39. The van der Waals surface area contributed by atoms with Crippen LogP contribution in [-0.2, 0) is 30.8 Å². The minimum atomic E-state index is -1.03. The molecule has 12 heteroatoms. The highest BCUT2D eigenvalue weighted by Crippen LogP contribution is 2.43. The lowest BCUT2D eigenvalue weighted by molar-refractivity contribution is 0.0137. The molecule has 4 rings (SSSR count). The van der Waals surface area contributed by atoms with Crippen molar-refractivity contribution in [1.82, 2.24) is 0 Å². The largest absolute Gasteiger partial charge is 0.514 e. The molecule has 0 spiro atoms. The summed E-state index contributed by atoms with van der Waals surface area (Å²) in [6.45, 7) is 22.3. The number of rotatable bonds is 8. The molecule has 0 aromatic heterocycles. The smallest absolute Gasteiger partial charge is 0.428 e. The molecule has 0 saturated carbocycles. The van der Waals surface area contributed by atoms with Gasteiger partial charge in [-0.2, -0.15) is 0 Å². The molecule has 12 nitrogen and oxygen atoms in total. The second kappa shape index (κ2) is 16.8. The Morgan fingerprint density at radius 2 is 0.754 bits per heavy atom. The summed E-state index contributed by atoms with van der Waals surface area (Å²) in [5, 5.41) is 2.07. The highest BCUT2D eigenvalue weighted by atomic mass is 16.8. The molecule has 4 aromatic rings. The van der Waals surface area contributed by atoms with Crippen molar-refractivity contribution in [2.45, 2.75) is 124 Å². The van der Waals surface area contributed by atoms with E-state index in [9.17, 15) is 19.2 Å². The minimum Gasteiger partial charge on any atom is -0.428 e. The maximum Gasteiger partial charge on any atom is 0.514 e. The zero-order chi connectivity index (χ0) is 42.6. The molecule has 0 aliphatic carbocycles. The molecule has 0 heterocycles. The van der Waals surface area contributed by atoms with Gasteiger partial charge in [-0.05, 0) is 141 Å². The quantitative estimate of drug-likeness (QED) is 0.0952. The number of benzene rings is 4. The summed E-state index contributed by atoms with van der Waals surface area (Å²) in [6.07, 6.45) is -3.71. The second-order valence-electron chi connectivity index (χ2n) is 17.8. The van der Waals surface area contributed by atoms with Crippen LogP contribution < -0.4 is 18.9 Å². The van der Waals surface area contributed by atoms with E-state index in [0.29, 0.717) is 17.5 Å². The Hall–Kier alpha value is -5.78. The molecule has 0 aliphatic rings. The van der Waals surface area contributed by atoms with Crippen LogP contribution in [-0.4, -0.2) is 47.0 Å². The molecular formula is C45H54O12. The third kappa shape index (κ3) is 13.4. The number of carbonyl (C=O) groups is 4. The van der Waals surface area contributed by atoms with Gasteiger partial charge in [-0.25, -0.2) is 19.2 Å². The fraction of sp³-hybridized carbons (Fsp3) is 0.422. The van der Waals surface area contributed by atoms with Crippen molar-refractivity contribution < 1.29 is 57.1 Å². The van der Waals surface area contributed by atoms with Gasteiger partial charge in [0, 0.05) is 5.41 Å². The molecule has 0 radical (unpaired) electrons. The van der Waals surface area contributed by atoms with E-state index in [1.165, 1.54) is 12.1 Å². The van der Waals surface area contributed by atoms with Gasteiger partial charge < -0.3 is 37.9 Å². The Morgan fingerprint density at radius 1 is 0.404 bits per heavy atom. The fourth-order valence-electron chi connectivity index (χ4n) is 5.60. The number of fused-ring (bicyclic) bond motifs is 1. The summed E-state index contributed by atoms with van der Waals surface area (Å²) >= 11 is 0. The van der Waals surface area contributed by atoms with Crippen molar-refractivity contribution in [1.29, 1.82) is 0 Å². The van der Waals surface area contributed by atoms with Crippen molar-refractivity contribution in [3.8, 4) is 23.0 Å². The summed E-state index contributed by atoms with van der Waals surface area (Å²) in [7, 11) is 0. The van der Waals surface area contributed by atoms with Gasteiger partial charge in [0.15, 0.2) is 23.0 Å². The molecule has 0 unspecified atom stereocenters. The minimum absolute atomic E-state index is 0.0954. The van der Waals surface area contributed by atoms with Gasteiger partial charge in [0.1, 0.15) is 22.4 Å². The van der Waals surface area contributed by atoms with Crippen molar-refractivity contribution in [2.75, 3.05) is 0 Å². The standard InChI is InChI=1S/C45H54O12/c1-41(2,3)54-37(46)50-33-22-20-31(25-35(33)52-39(48)56-43(7,8)9)45(13,27-28-18-19-29-16-14-15-17-30(29)24-28)32-21-23-34(51-38(47)55-42(4,5)6)36(26-32)53-40(49)57-44(10,11)12/h14-26H,27H2,1-13H3. The first-order chi connectivity index (χ1) is 26.2. The molecule has 4 aromatic carbocycles. The molecule has 0 saturated heterocycles. The first-order valence-corrected chi connectivity index (χ1v) is 18.6. The van der Waals surface area contributed by atoms with Gasteiger partial charge in [-0.1, -0.05) is 61.5 Å². The average molecular weight is 787 g/mol. The molecule has 0 amide bonds. The molecular weight excluding hydrogens is 732 g/mol. The van der Waals surface area contributed by atoms with Crippen molar-refractivity contribution in [3.05, 3.63) is 95.6 Å². The third-order valence-corrected chi connectivity index (χ3v) is 7.86. The topological polar surface area (TPSA) is 142 Å². The zero-order valence-corrected chi connectivity index (χ0v) is 35.1. The SMILES string of the molecule is CC(C)(C)OC(=O)Oc1ccc(C(C)(Cc2ccc3ccccc3c2)c2ccc(OC(=O)OC(C)(C)C)c(OC(=O)OC(C)(C)C)c2)cc1OC(=O)OC(C)(C)C. The lowest BCUT2D eigenvalue weighted by atomic mass is 9.71. The fourth-order valence-corrected chi connectivity index (χ4v) is 5.60. The van der Waals surface area contributed by atoms with Gasteiger partial charge in [0.25, 0.3) is 0 Å². The third-order valence-electron chi connectivity index (χ3n) is 7.86. The Morgan fingerprint density at radius 3 is 1.12 bits per heavy atom. The van der Waals surface area contributed by atoms with Gasteiger partial charge >= 0.3 is 24.6 Å². The predicted octanol–water partition coefficient (Wildman–Crippen LogP) is 11.6. The van der Waals surface area contributed by atoms with E-state index in [2.05, 4.69) is 6.07 Å². The molecule has 57 heavy (non-hydrogen) atoms. The van der Waals surface area contributed by atoms with Crippen molar-refractivity contribution >= 4 is 35.4 Å². The Balaban J connectivity index is 1.93. The van der Waals surface area contributed by atoms with E-state index in [-0.39, 0.29) is 23.0 Å². The normalized spacial score (nSPS) is 12.3. The van der Waals surface area contributed by atoms with E-state index in [4.69, 9.17) is 37.9 Å². The molecule has 0 bridgehead atoms. The number of hydrogen-bond acceptors (Lipinski definition) is 12. The summed E-state index contributed by atoms with van der Waals surface area (Å²) in [6, 6.07) is 23.7. The zero-order valence-electron chi connectivity index (χ0n) is 35.1. The van der Waals surface area contributed by atoms with Crippen molar-refractivity contribution in [3.63, 3.8) is 0 Å². The molecule has 0 N–H and O–H groups in total. The van der Waals surface area contributed by atoms with Gasteiger partial charge in [0.05, 0.1) is 0 Å². The van der Waals surface area contributed by atoms with Gasteiger partial charge in [-0.3, -0.25) is 0 Å². The van der Waals surface area contributed by atoms with E-state index in [1.807, 2.05) is 43.3 Å². The van der Waals surface area contributed by atoms with E-state index >= 15 is 0 Å². The van der Waals surface area contributed by atoms with Crippen LogP contribution in [0.2, 0.25) is 0 Å². The van der Waals surface area contributed by atoms with Crippen LogP contribution in [0.3, 0.4) is 0 Å². The molecule has 0 fully saturated rings. The van der Waals surface area contributed by atoms with E-state index in [1.54, 1.807) is 107 Å². The predicted molar refractivity (Wildman–Crippen MR) is 214 cm³/mol. The lowest BCUT2D eigenvalue weighted by Gasteiger charge is -2.32. The van der Waals surface area contributed by atoms with E-state index < -0.39 is 52.4 Å². The van der Waals surface area contributed by atoms with E-state index in [0.717, 1.165) is 16.3 Å². The monoisotopic (exact) mass is 786 g/mol. The second-order valence-corrected chi connectivity index (χ2v) is 17.8.